The van der Waals surface area contributed by atoms with Crippen LogP contribution in [0.5, 0.6) is 0 Å². The molecular formula is C13H22N4O. The van der Waals surface area contributed by atoms with Crippen molar-refractivity contribution < 1.29 is 4.74 Å². The molecule has 1 aromatic heterocycles. The van der Waals surface area contributed by atoms with Crippen LogP contribution in [0.2, 0.25) is 0 Å². The zero-order valence-corrected chi connectivity index (χ0v) is 11.4. The van der Waals surface area contributed by atoms with E-state index in [0.717, 1.165) is 50.2 Å². The lowest BCUT2D eigenvalue weighted by Gasteiger charge is -2.36. The van der Waals surface area contributed by atoms with E-state index in [2.05, 4.69) is 27.1 Å². The maximum Gasteiger partial charge on any atom is 0.226 e. The van der Waals surface area contributed by atoms with Crippen LogP contribution < -0.4 is 10.2 Å². The van der Waals surface area contributed by atoms with E-state index in [9.17, 15) is 0 Å². The molecule has 0 amide bonds. The van der Waals surface area contributed by atoms with Gasteiger partial charge in [-0.3, -0.25) is 0 Å². The van der Waals surface area contributed by atoms with Gasteiger partial charge in [0.2, 0.25) is 5.95 Å². The molecule has 1 N–H and O–H groups in total. The summed E-state index contributed by atoms with van der Waals surface area (Å²) in [7, 11) is 0. The van der Waals surface area contributed by atoms with Gasteiger partial charge >= 0.3 is 0 Å². The Labute approximate surface area is 109 Å². The number of morpholine rings is 1. The zero-order chi connectivity index (χ0) is 13.0. The first-order chi connectivity index (χ1) is 8.70. The second kappa shape index (κ2) is 6.11. The van der Waals surface area contributed by atoms with Crippen molar-refractivity contribution in [3.05, 3.63) is 17.5 Å². The number of aromatic nitrogens is 2. The molecule has 0 radical (unpaired) electrons. The average molecular weight is 250 g/mol. The molecule has 5 nitrogen and oxygen atoms in total. The van der Waals surface area contributed by atoms with Gasteiger partial charge in [0.05, 0.1) is 19.3 Å². The van der Waals surface area contributed by atoms with Crippen LogP contribution in [-0.4, -0.2) is 48.9 Å². The molecule has 1 fully saturated rings. The van der Waals surface area contributed by atoms with Crippen LogP contribution in [0.25, 0.3) is 0 Å². The smallest absolute Gasteiger partial charge is 0.226 e. The molecule has 100 valence electrons. The molecule has 1 unspecified atom stereocenters. The minimum atomic E-state index is 0.319. The summed E-state index contributed by atoms with van der Waals surface area (Å²) in [4.78, 5) is 11.4. The number of hydrogen-bond acceptors (Lipinski definition) is 5. The van der Waals surface area contributed by atoms with Gasteiger partial charge in [-0.2, -0.15) is 0 Å². The van der Waals surface area contributed by atoms with Crippen LogP contribution in [0.15, 0.2) is 6.07 Å². The second-order valence-electron chi connectivity index (χ2n) is 4.68. The predicted octanol–water partition coefficient (Wildman–Crippen LogP) is 0.908. The summed E-state index contributed by atoms with van der Waals surface area (Å²) in [6.45, 7) is 10.4. The quantitative estimate of drug-likeness (QED) is 0.860. The third-order valence-corrected chi connectivity index (χ3v) is 3.08. The van der Waals surface area contributed by atoms with Crippen molar-refractivity contribution in [3.63, 3.8) is 0 Å². The lowest BCUT2D eigenvalue weighted by atomic mass is 10.2. The van der Waals surface area contributed by atoms with E-state index in [1.807, 2.05) is 19.9 Å². The number of anilines is 1. The molecule has 0 aromatic carbocycles. The zero-order valence-electron chi connectivity index (χ0n) is 11.4. The molecule has 0 aliphatic carbocycles. The Bertz CT molecular complexity index is 376. The summed E-state index contributed by atoms with van der Waals surface area (Å²) in [5, 5.41) is 3.37. The lowest BCUT2D eigenvalue weighted by Crippen LogP contribution is -2.51. The average Bonchev–Trinajstić information content (AvgIpc) is 2.35. The van der Waals surface area contributed by atoms with E-state index in [1.165, 1.54) is 0 Å². The number of rotatable bonds is 4. The van der Waals surface area contributed by atoms with Gasteiger partial charge in [-0.1, -0.05) is 6.92 Å². The summed E-state index contributed by atoms with van der Waals surface area (Å²) in [5.41, 5.74) is 2.04. The topological polar surface area (TPSA) is 50.3 Å². The Morgan fingerprint density at radius 1 is 1.39 bits per heavy atom. The third kappa shape index (κ3) is 3.17. The van der Waals surface area contributed by atoms with Crippen molar-refractivity contribution in [2.45, 2.75) is 26.8 Å². The fourth-order valence-corrected chi connectivity index (χ4v) is 2.23. The van der Waals surface area contributed by atoms with Gasteiger partial charge in [-0.15, -0.1) is 0 Å². The highest BCUT2D eigenvalue weighted by atomic mass is 16.5. The van der Waals surface area contributed by atoms with E-state index in [-0.39, 0.29) is 0 Å². The molecule has 0 spiro atoms. The molecule has 0 saturated carbocycles. The largest absolute Gasteiger partial charge is 0.377 e. The Hall–Kier alpha value is -1.20. The molecule has 5 heteroatoms. The van der Waals surface area contributed by atoms with Crippen LogP contribution in [-0.2, 0) is 4.74 Å². The monoisotopic (exact) mass is 250 g/mol. The number of hydrogen-bond donors (Lipinski definition) is 1. The van der Waals surface area contributed by atoms with Gasteiger partial charge in [0, 0.05) is 24.5 Å². The summed E-state index contributed by atoms with van der Waals surface area (Å²) < 4.78 is 5.55. The predicted molar refractivity (Wildman–Crippen MR) is 72.0 cm³/mol. The van der Waals surface area contributed by atoms with Crippen LogP contribution in [0.1, 0.15) is 18.3 Å². The van der Waals surface area contributed by atoms with E-state index >= 15 is 0 Å². The molecule has 1 aliphatic heterocycles. The normalized spacial score (nSPS) is 20.2. The standard InChI is InChI=1S/C13H22N4O/c1-4-14-8-12-9-18-6-5-17(12)13-15-10(2)7-11(3)16-13/h7,12,14H,4-6,8-9H2,1-3H3. The Morgan fingerprint density at radius 2 is 2.11 bits per heavy atom. The second-order valence-corrected chi connectivity index (χ2v) is 4.68. The van der Waals surface area contributed by atoms with Gasteiger partial charge < -0.3 is 15.0 Å². The Morgan fingerprint density at radius 3 is 2.78 bits per heavy atom. The molecule has 1 aromatic rings. The highest BCUT2D eigenvalue weighted by Crippen LogP contribution is 2.16. The fourth-order valence-electron chi connectivity index (χ4n) is 2.23. The maximum absolute atomic E-state index is 5.55. The Kier molecular flexibility index (Phi) is 4.49. The van der Waals surface area contributed by atoms with Crippen molar-refractivity contribution in [1.29, 1.82) is 0 Å². The minimum absolute atomic E-state index is 0.319. The first-order valence-corrected chi connectivity index (χ1v) is 6.58. The van der Waals surface area contributed by atoms with Crippen molar-refractivity contribution in [3.8, 4) is 0 Å². The van der Waals surface area contributed by atoms with Crippen molar-refractivity contribution >= 4 is 5.95 Å². The first kappa shape index (κ1) is 13.2. The van der Waals surface area contributed by atoms with Crippen LogP contribution >= 0.6 is 0 Å². The highest BCUT2D eigenvalue weighted by molar-refractivity contribution is 5.34. The van der Waals surface area contributed by atoms with Crippen molar-refractivity contribution in [2.75, 3.05) is 37.7 Å². The maximum atomic E-state index is 5.55. The summed E-state index contributed by atoms with van der Waals surface area (Å²) in [6, 6.07) is 2.32. The van der Waals surface area contributed by atoms with Gasteiger partial charge in [0.1, 0.15) is 0 Å². The van der Waals surface area contributed by atoms with E-state index in [4.69, 9.17) is 4.74 Å². The van der Waals surface area contributed by atoms with Crippen molar-refractivity contribution in [2.24, 2.45) is 0 Å². The van der Waals surface area contributed by atoms with E-state index < -0.39 is 0 Å². The van der Waals surface area contributed by atoms with Crippen LogP contribution in [0.4, 0.5) is 5.95 Å². The SMILES string of the molecule is CCNCC1COCCN1c1nc(C)cc(C)n1. The van der Waals surface area contributed by atoms with Gasteiger partial charge in [-0.05, 0) is 26.5 Å². The molecular weight excluding hydrogens is 228 g/mol. The number of likely N-dealkylation sites (N-methyl/N-ethyl adjacent to an activating group) is 1. The van der Waals surface area contributed by atoms with E-state index in [1.54, 1.807) is 0 Å². The van der Waals surface area contributed by atoms with Gasteiger partial charge in [0.15, 0.2) is 0 Å². The molecule has 1 aliphatic rings. The number of ether oxygens (including phenoxy) is 1. The molecule has 1 atom stereocenters. The summed E-state index contributed by atoms with van der Waals surface area (Å²) in [5.74, 6) is 0.832. The molecule has 2 heterocycles. The molecule has 18 heavy (non-hydrogen) atoms. The molecule has 2 rings (SSSR count). The Balaban J connectivity index is 2.16. The minimum Gasteiger partial charge on any atom is -0.377 e. The third-order valence-electron chi connectivity index (χ3n) is 3.08. The number of nitrogens with one attached hydrogen (secondary N) is 1. The molecule has 1 saturated heterocycles. The first-order valence-electron chi connectivity index (χ1n) is 6.58. The molecule has 0 bridgehead atoms. The van der Waals surface area contributed by atoms with Crippen LogP contribution in [0, 0.1) is 13.8 Å². The number of nitrogens with zero attached hydrogens (tertiary/aromatic N) is 3. The van der Waals surface area contributed by atoms with Crippen molar-refractivity contribution in [1.82, 2.24) is 15.3 Å². The van der Waals surface area contributed by atoms with Gasteiger partial charge in [-0.25, -0.2) is 9.97 Å². The lowest BCUT2D eigenvalue weighted by molar-refractivity contribution is 0.0930. The van der Waals surface area contributed by atoms with Gasteiger partial charge in [0.25, 0.3) is 0 Å². The summed E-state index contributed by atoms with van der Waals surface area (Å²) >= 11 is 0. The summed E-state index contributed by atoms with van der Waals surface area (Å²) in [6.07, 6.45) is 0. The fraction of sp³-hybridized carbons (Fsp3) is 0.692. The number of aryl methyl sites for hydroxylation is 2. The van der Waals surface area contributed by atoms with E-state index in [0.29, 0.717) is 6.04 Å². The van der Waals surface area contributed by atoms with Crippen LogP contribution in [0.3, 0.4) is 0 Å². The highest BCUT2D eigenvalue weighted by Gasteiger charge is 2.24.